The summed E-state index contributed by atoms with van der Waals surface area (Å²) in [6.07, 6.45) is 0. The Morgan fingerprint density at radius 1 is 1.40 bits per heavy atom. The number of benzene rings is 1. The molecule has 0 aliphatic carbocycles. The fraction of sp³-hybridized carbons (Fsp3) is 0.231. The minimum absolute atomic E-state index is 0.314. The van der Waals surface area contributed by atoms with Gasteiger partial charge in [-0.15, -0.1) is 5.10 Å². The van der Waals surface area contributed by atoms with Crippen molar-refractivity contribution in [2.75, 3.05) is 0 Å². The Morgan fingerprint density at radius 3 is 2.85 bits per heavy atom. The van der Waals surface area contributed by atoms with E-state index in [1.54, 1.807) is 0 Å². The topological polar surface area (TPSA) is 94.0 Å². The van der Waals surface area contributed by atoms with Gasteiger partial charge in [-0.25, -0.2) is 9.48 Å². The Bertz CT molecular complexity index is 790. The molecule has 0 bridgehead atoms. The summed E-state index contributed by atoms with van der Waals surface area (Å²) in [6.45, 7) is 3.41. The third kappa shape index (κ3) is 1.75. The summed E-state index contributed by atoms with van der Waals surface area (Å²) in [5.41, 5.74) is 1.60. The lowest BCUT2D eigenvalue weighted by atomic mass is 10.1. The van der Waals surface area contributed by atoms with Crippen LogP contribution in [0.4, 0.5) is 0 Å². The van der Waals surface area contributed by atoms with Gasteiger partial charge in [0.1, 0.15) is 5.58 Å². The van der Waals surface area contributed by atoms with E-state index < -0.39 is 12.0 Å². The van der Waals surface area contributed by atoms with Gasteiger partial charge in [0.2, 0.25) is 5.82 Å². The highest BCUT2D eigenvalue weighted by atomic mass is 16.4. The fourth-order valence-electron chi connectivity index (χ4n) is 2.10. The lowest BCUT2D eigenvalue weighted by molar-refractivity contribution is -0.140. The molecule has 1 N–H and O–H groups in total. The predicted molar refractivity (Wildman–Crippen MR) is 70.1 cm³/mol. The second-order valence-corrected chi connectivity index (χ2v) is 4.51. The number of carbonyl (C=O) groups is 1. The number of hydrogen-bond acceptors (Lipinski definition) is 5. The van der Waals surface area contributed by atoms with Crippen LogP contribution in [0.3, 0.4) is 0 Å². The van der Waals surface area contributed by atoms with Crippen molar-refractivity contribution in [3.8, 4) is 11.6 Å². The lowest BCUT2D eigenvalue weighted by Crippen LogP contribution is -2.18. The highest BCUT2D eigenvalue weighted by Gasteiger charge is 2.24. The SMILES string of the molecule is Cc1c(-c2nnnn2C(C)C(=O)O)oc2ccccc12. The number of fused-ring (bicyclic) bond motifs is 1. The van der Waals surface area contributed by atoms with Crippen molar-refractivity contribution in [2.24, 2.45) is 0 Å². The molecule has 0 aliphatic rings. The Balaban J connectivity index is 2.19. The number of carboxylic acid groups (broad SMARTS) is 1. The average Bonchev–Trinajstić information content (AvgIpc) is 3.03. The number of rotatable bonds is 3. The molecule has 2 aromatic heterocycles. The minimum Gasteiger partial charge on any atom is -0.480 e. The number of hydrogen-bond donors (Lipinski definition) is 1. The van der Waals surface area contributed by atoms with E-state index in [1.807, 2.05) is 31.2 Å². The van der Waals surface area contributed by atoms with Gasteiger partial charge in [0.15, 0.2) is 11.8 Å². The third-order valence-electron chi connectivity index (χ3n) is 3.26. The number of nitrogens with zero attached hydrogens (tertiary/aromatic N) is 4. The van der Waals surface area contributed by atoms with Crippen LogP contribution in [0.1, 0.15) is 18.5 Å². The van der Waals surface area contributed by atoms with Crippen LogP contribution in [0, 0.1) is 6.92 Å². The smallest absolute Gasteiger partial charge is 0.328 e. The third-order valence-corrected chi connectivity index (χ3v) is 3.26. The van der Waals surface area contributed by atoms with Crippen LogP contribution in [0.5, 0.6) is 0 Å². The largest absolute Gasteiger partial charge is 0.480 e. The first-order valence-electron chi connectivity index (χ1n) is 6.08. The zero-order chi connectivity index (χ0) is 14.3. The van der Waals surface area contributed by atoms with E-state index in [9.17, 15) is 4.79 Å². The molecule has 0 spiro atoms. The maximum Gasteiger partial charge on any atom is 0.328 e. The van der Waals surface area contributed by atoms with Crippen LogP contribution in [0.15, 0.2) is 28.7 Å². The summed E-state index contributed by atoms with van der Waals surface area (Å²) in [4.78, 5) is 11.1. The van der Waals surface area contributed by atoms with Crippen molar-refractivity contribution >= 4 is 16.9 Å². The second-order valence-electron chi connectivity index (χ2n) is 4.51. The van der Waals surface area contributed by atoms with Crippen LogP contribution in [0.25, 0.3) is 22.6 Å². The molecule has 0 fully saturated rings. The van der Waals surface area contributed by atoms with Crippen molar-refractivity contribution in [2.45, 2.75) is 19.9 Å². The maximum absolute atomic E-state index is 11.1. The van der Waals surface area contributed by atoms with E-state index >= 15 is 0 Å². The summed E-state index contributed by atoms with van der Waals surface area (Å²) in [5.74, 6) is -0.204. The number of carboxylic acids is 1. The molecule has 3 aromatic rings. The van der Waals surface area contributed by atoms with E-state index in [4.69, 9.17) is 9.52 Å². The Kier molecular flexibility index (Phi) is 2.74. The first-order valence-corrected chi connectivity index (χ1v) is 6.08. The summed E-state index contributed by atoms with van der Waals surface area (Å²) >= 11 is 0. The van der Waals surface area contributed by atoms with Gasteiger partial charge in [-0.2, -0.15) is 0 Å². The molecule has 2 heterocycles. The number of furan rings is 1. The Labute approximate surface area is 113 Å². The van der Waals surface area contributed by atoms with Gasteiger partial charge in [-0.3, -0.25) is 0 Å². The second kappa shape index (κ2) is 4.44. The number of aryl methyl sites for hydroxylation is 1. The van der Waals surface area contributed by atoms with Gasteiger partial charge in [0.05, 0.1) is 0 Å². The molecule has 20 heavy (non-hydrogen) atoms. The molecule has 7 nitrogen and oxygen atoms in total. The standard InChI is InChI=1S/C13H12N4O3/c1-7-9-5-3-4-6-10(9)20-11(7)12-14-15-16-17(12)8(2)13(18)19/h3-6,8H,1-2H3,(H,18,19). The van der Waals surface area contributed by atoms with E-state index in [1.165, 1.54) is 11.6 Å². The quantitative estimate of drug-likeness (QED) is 0.784. The fourth-order valence-corrected chi connectivity index (χ4v) is 2.10. The van der Waals surface area contributed by atoms with Gasteiger partial charge < -0.3 is 9.52 Å². The van der Waals surface area contributed by atoms with E-state index in [-0.39, 0.29) is 0 Å². The molecule has 0 aliphatic heterocycles. The van der Waals surface area contributed by atoms with Crippen LogP contribution in [-0.2, 0) is 4.79 Å². The highest BCUT2D eigenvalue weighted by molar-refractivity contribution is 5.86. The molecule has 1 atom stereocenters. The number of aromatic nitrogens is 4. The average molecular weight is 272 g/mol. The molecular weight excluding hydrogens is 260 g/mol. The van der Waals surface area contributed by atoms with E-state index in [0.717, 1.165) is 16.5 Å². The summed E-state index contributed by atoms with van der Waals surface area (Å²) in [6, 6.07) is 6.70. The highest BCUT2D eigenvalue weighted by Crippen LogP contribution is 2.32. The van der Waals surface area contributed by atoms with Crippen LogP contribution in [-0.4, -0.2) is 31.3 Å². The molecule has 0 amide bonds. The van der Waals surface area contributed by atoms with Gasteiger partial charge in [0, 0.05) is 10.9 Å². The number of para-hydroxylation sites is 1. The predicted octanol–water partition coefficient (Wildman–Crippen LogP) is 2.04. The molecule has 0 saturated heterocycles. The molecule has 102 valence electrons. The monoisotopic (exact) mass is 272 g/mol. The summed E-state index contributed by atoms with van der Waals surface area (Å²) in [7, 11) is 0. The lowest BCUT2D eigenvalue weighted by Gasteiger charge is -2.07. The van der Waals surface area contributed by atoms with Crippen molar-refractivity contribution in [3.05, 3.63) is 29.8 Å². The van der Waals surface area contributed by atoms with Gasteiger partial charge >= 0.3 is 5.97 Å². The molecule has 3 rings (SSSR count). The minimum atomic E-state index is -1.01. The van der Waals surface area contributed by atoms with Crippen molar-refractivity contribution in [1.29, 1.82) is 0 Å². The van der Waals surface area contributed by atoms with Crippen molar-refractivity contribution < 1.29 is 14.3 Å². The van der Waals surface area contributed by atoms with E-state index in [2.05, 4.69) is 15.5 Å². The number of tetrazole rings is 1. The van der Waals surface area contributed by atoms with E-state index in [0.29, 0.717) is 11.6 Å². The zero-order valence-corrected chi connectivity index (χ0v) is 10.9. The zero-order valence-electron chi connectivity index (χ0n) is 10.9. The number of aliphatic carboxylic acids is 1. The Hall–Kier alpha value is -2.70. The van der Waals surface area contributed by atoms with Gasteiger partial charge in [0.25, 0.3) is 0 Å². The maximum atomic E-state index is 11.1. The molecule has 1 aromatic carbocycles. The molecule has 0 radical (unpaired) electrons. The normalized spacial score (nSPS) is 12.7. The first kappa shape index (κ1) is 12.3. The van der Waals surface area contributed by atoms with Gasteiger partial charge in [-0.1, -0.05) is 18.2 Å². The van der Waals surface area contributed by atoms with Crippen LogP contribution in [0.2, 0.25) is 0 Å². The van der Waals surface area contributed by atoms with Crippen molar-refractivity contribution in [3.63, 3.8) is 0 Å². The first-order chi connectivity index (χ1) is 9.59. The van der Waals surface area contributed by atoms with Crippen LogP contribution >= 0.6 is 0 Å². The summed E-state index contributed by atoms with van der Waals surface area (Å²) < 4.78 is 7.00. The molecular formula is C13H12N4O3. The van der Waals surface area contributed by atoms with Crippen molar-refractivity contribution in [1.82, 2.24) is 20.2 Å². The molecule has 0 saturated carbocycles. The molecule has 7 heteroatoms. The van der Waals surface area contributed by atoms with Gasteiger partial charge in [-0.05, 0) is 30.3 Å². The summed E-state index contributed by atoms with van der Waals surface area (Å²) in [5, 5.41) is 21.2. The molecule has 1 unspecified atom stereocenters. The van der Waals surface area contributed by atoms with Crippen LogP contribution < -0.4 is 0 Å². The Morgan fingerprint density at radius 2 is 2.15 bits per heavy atom.